The van der Waals surface area contributed by atoms with E-state index in [9.17, 15) is 14.4 Å². The van der Waals surface area contributed by atoms with Gasteiger partial charge in [-0.05, 0) is 36.6 Å². The van der Waals surface area contributed by atoms with Crippen LogP contribution in [0.5, 0.6) is 0 Å². The van der Waals surface area contributed by atoms with Crippen LogP contribution in [0.3, 0.4) is 0 Å². The highest BCUT2D eigenvalue weighted by Crippen LogP contribution is 2.27. The summed E-state index contributed by atoms with van der Waals surface area (Å²) in [5, 5.41) is 7.03. The Bertz CT molecular complexity index is 1330. The molecule has 0 aliphatic heterocycles. The number of thiophene rings is 1. The zero-order valence-electron chi connectivity index (χ0n) is 17.2. The van der Waals surface area contributed by atoms with Gasteiger partial charge in [0.1, 0.15) is 0 Å². The quantitative estimate of drug-likeness (QED) is 0.334. The fraction of sp³-hybridized carbons (Fsp3) is 0.130. The van der Waals surface area contributed by atoms with Crippen LogP contribution in [0.2, 0.25) is 0 Å². The Morgan fingerprint density at radius 3 is 2.44 bits per heavy atom. The van der Waals surface area contributed by atoms with Gasteiger partial charge in [-0.2, -0.15) is 5.10 Å². The minimum absolute atomic E-state index is 0.0719. The second-order valence-corrected chi connectivity index (χ2v) is 8.84. The van der Waals surface area contributed by atoms with E-state index in [1.54, 1.807) is 66.4 Å². The maximum absolute atomic E-state index is 12.8. The van der Waals surface area contributed by atoms with Gasteiger partial charge in [0.15, 0.2) is 5.69 Å². The lowest BCUT2D eigenvalue weighted by Gasteiger charge is -2.12. The molecule has 7 nitrogen and oxygen atoms in total. The van der Waals surface area contributed by atoms with Gasteiger partial charge in [-0.1, -0.05) is 36.4 Å². The highest BCUT2D eigenvalue weighted by atomic mass is 32.2. The van der Waals surface area contributed by atoms with Crippen LogP contribution >= 0.6 is 23.1 Å². The molecule has 162 valence electrons. The highest BCUT2D eigenvalue weighted by Gasteiger charge is 2.18. The topological polar surface area (TPSA) is 93.1 Å². The minimum atomic E-state index is -0.597. The molecule has 4 aromatic rings. The highest BCUT2D eigenvalue weighted by molar-refractivity contribution is 7.98. The van der Waals surface area contributed by atoms with Crippen molar-refractivity contribution in [1.29, 1.82) is 0 Å². The van der Waals surface area contributed by atoms with Gasteiger partial charge in [0, 0.05) is 27.5 Å². The third-order valence-electron chi connectivity index (χ3n) is 4.75. The van der Waals surface area contributed by atoms with Crippen molar-refractivity contribution in [3.8, 4) is 0 Å². The monoisotopic (exact) mass is 464 g/mol. The van der Waals surface area contributed by atoms with Gasteiger partial charge in [-0.15, -0.1) is 23.1 Å². The number of thioether (sulfide) groups is 1. The number of aryl methyl sites for hydroxylation is 1. The van der Waals surface area contributed by atoms with Gasteiger partial charge < -0.3 is 0 Å². The average Bonchev–Trinajstić information content (AvgIpc) is 3.35. The van der Waals surface area contributed by atoms with Crippen molar-refractivity contribution in [1.82, 2.24) is 20.6 Å². The molecule has 0 fully saturated rings. The molecule has 2 heterocycles. The van der Waals surface area contributed by atoms with Gasteiger partial charge in [0.25, 0.3) is 17.4 Å². The van der Waals surface area contributed by atoms with Crippen molar-refractivity contribution in [2.75, 3.05) is 0 Å². The number of nitrogens with zero attached hydrogens (tertiary/aromatic N) is 2. The molecule has 0 radical (unpaired) electrons. The predicted octanol–water partition coefficient (Wildman–Crippen LogP) is 3.85. The molecule has 4 rings (SSSR count). The third kappa shape index (κ3) is 4.58. The van der Waals surface area contributed by atoms with Crippen molar-refractivity contribution in [2.45, 2.75) is 24.1 Å². The Kier molecular flexibility index (Phi) is 6.67. The van der Waals surface area contributed by atoms with Crippen LogP contribution in [-0.4, -0.2) is 21.6 Å². The van der Waals surface area contributed by atoms with Gasteiger partial charge in [0.05, 0.1) is 10.9 Å². The summed E-state index contributed by atoms with van der Waals surface area (Å²) in [5.41, 5.74) is 5.18. The first-order valence-electron chi connectivity index (χ1n) is 9.93. The number of amides is 2. The first-order valence-corrected chi connectivity index (χ1v) is 11.8. The maximum Gasteiger partial charge on any atom is 0.290 e. The van der Waals surface area contributed by atoms with Crippen molar-refractivity contribution in [2.24, 2.45) is 0 Å². The fourth-order valence-electron chi connectivity index (χ4n) is 3.18. The Hall–Kier alpha value is -3.43. The van der Waals surface area contributed by atoms with Crippen LogP contribution in [0.1, 0.15) is 32.6 Å². The molecule has 0 spiro atoms. The number of benzene rings is 2. The number of hydrazine groups is 1. The van der Waals surface area contributed by atoms with Crippen LogP contribution in [0.25, 0.3) is 10.8 Å². The van der Waals surface area contributed by atoms with Crippen LogP contribution < -0.4 is 16.4 Å². The number of carbonyl (C=O) groups excluding carboxylic acids is 2. The smallest absolute Gasteiger partial charge is 0.267 e. The van der Waals surface area contributed by atoms with Crippen molar-refractivity contribution < 1.29 is 9.59 Å². The van der Waals surface area contributed by atoms with E-state index in [0.29, 0.717) is 22.9 Å². The van der Waals surface area contributed by atoms with E-state index in [2.05, 4.69) is 16.0 Å². The maximum atomic E-state index is 12.8. The largest absolute Gasteiger partial charge is 0.290 e. The number of aromatic nitrogens is 2. The van der Waals surface area contributed by atoms with E-state index in [0.717, 1.165) is 10.6 Å². The van der Waals surface area contributed by atoms with Gasteiger partial charge in [-0.3, -0.25) is 25.2 Å². The normalized spacial score (nSPS) is 10.8. The second-order valence-electron chi connectivity index (χ2n) is 6.79. The first-order chi connectivity index (χ1) is 15.6. The van der Waals surface area contributed by atoms with Crippen LogP contribution in [-0.2, 0) is 12.3 Å². The molecular formula is C23H20N4O3S2. The van der Waals surface area contributed by atoms with Crippen LogP contribution in [0.15, 0.2) is 75.7 Å². The lowest BCUT2D eigenvalue weighted by atomic mass is 10.1. The third-order valence-corrected chi connectivity index (χ3v) is 6.94. The number of nitrogens with one attached hydrogen (secondary N) is 2. The average molecular weight is 465 g/mol. The summed E-state index contributed by atoms with van der Waals surface area (Å²) >= 11 is 3.22. The van der Waals surface area contributed by atoms with E-state index in [4.69, 9.17) is 0 Å². The molecule has 2 N–H and O–H groups in total. The van der Waals surface area contributed by atoms with Crippen LogP contribution in [0.4, 0.5) is 0 Å². The molecule has 2 amide bonds. The Labute approximate surface area is 192 Å². The molecular weight excluding hydrogens is 444 g/mol. The number of rotatable bonds is 6. The van der Waals surface area contributed by atoms with Gasteiger partial charge in [-0.25, -0.2) is 4.68 Å². The van der Waals surface area contributed by atoms with Crippen LogP contribution in [0, 0.1) is 0 Å². The Balaban J connectivity index is 1.51. The first kappa shape index (κ1) is 21.8. The molecule has 0 saturated heterocycles. The standard InChI is InChI=1S/C23H20N4O3S2/c1-2-27-23(30)17-10-4-3-9-16(17)20(26-27)22(29)25-24-21(28)18-11-5-6-12-19(18)32-14-15-8-7-13-31-15/h3-13H,2,14H2,1H3,(H,24,28)(H,25,29). The molecule has 0 saturated carbocycles. The predicted molar refractivity (Wildman–Crippen MR) is 127 cm³/mol. The summed E-state index contributed by atoms with van der Waals surface area (Å²) in [6.07, 6.45) is 0. The van der Waals surface area contributed by atoms with Crippen molar-refractivity contribution in [3.63, 3.8) is 0 Å². The SMILES string of the molecule is CCn1nc(C(=O)NNC(=O)c2ccccc2SCc2cccs2)c2ccccc2c1=O. The van der Waals surface area contributed by atoms with E-state index in [-0.39, 0.29) is 11.3 Å². The van der Waals surface area contributed by atoms with E-state index in [1.807, 2.05) is 29.6 Å². The summed E-state index contributed by atoms with van der Waals surface area (Å²) in [4.78, 5) is 40.1. The Morgan fingerprint density at radius 1 is 0.969 bits per heavy atom. The Morgan fingerprint density at radius 2 is 1.69 bits per heavy atom. The number of fused-ring (bicyclic) bond motifs is 1. The molecule has 32 heavy (non-hydrogen) atoms. The molecule has 0 aliphatic rings. The molecule has 0 unspecified atom stereocenters. The summed E-state index contributed by atoms with van der Waals surface area (Å²) in [5.74, 6) is -0.274. The van der Waals surface area contributed by atoms with Gasteiger partial charge >= 0.3 is 0 Å². The van der Waals surface area contributed by atoms with E-state index >= 15 is 0 Å². The molecule has 0 bridgehead atoms. The zero-order valence-corrected chi connectivity index (χ0v) is 18.8. The van der Waals surface area contributed by atoms with Crippen molar-refractivity contribution >= 4 is 45.7 Å². The number of carbonyl (C=O) groups is 2. The molecule has 9 heteroatoms. The molecule has 0 atom stereocenters. The molecule has 2 aromatic heterocycles. The summed E-state index contributed by atoms with van der Waals surface area (Å²) in [7, 11) is 0. The van der Waals surface area contributed by atoms with Gasteiger partial charge in [0.2, 0.25) is 0 Å². The zero-order chi connectivity index (χ0) is 22.5. The number of hydrogen-bond donors (Lipinski definition) is 2. The summed E-state index contributed by atoms with van der Waals surface area (Å²) < 4.78 is 1.23. The minimum Gasteiger partial charge on any atom is -0.267 e. The van der Waals surface area contributed by atoms with Crippen molar-refractivity contribution in [3.05, 3.63) is 92.5 Å². The van der Waals surface area contributed by atoms with E-state index in [1.165, 1.54) is 9.56 Å². The summed E-state index contributed by atoms with van der Waals surface area (Å²) in [6.45, 7) is 2.10. The molecule has 2 aromatic carbocycles. The number of hydrogen-bond acceptors (Lipinski definition) is 6. The molecule has 0 aliphatic carbocycles. The lowest BCUT2D eigenvalue weighted by molar-refractivity contribution is 0.0842. The lowest BCUT2D eigenvalue weighted by Crippen LogP contribution is -2.43. The van der Waals surface area contributed by atoms with E-state index < -0.39 is 11.8 Å². The fourth-order valence-corrected chi connectivity index (χ4v) is 5.00. The second kappa shape index (κ2) is 9.80. The summed E-state index contributed by atoms with van der Waals surface area (Å²) in [6, 6.07) is 18.1.